The SMILES string of the molecule is COc1ncc2c(N3C[C@H](C)N[C@@H](C)C3)ccc(C(=O)Nc3cncnc3C)c2n1. The van der Waals surface area contributed by atoms with Gasteiger partial charge in [0.15, 0.2) is 0 Å². The van der Waals surface area contributed by atoms with Gasteiger partial charge in [-0.05, 0) is 32.9 Å². The molecule has 9 nitrogen and oxygen atoms in total. The minimum Gasteiger partial charge on any atom is -0.467 e. The van der Waals surface area contributed by atoms with Gasteiger partial charge in [-0.3, -0.25) is 4.79 Å². The summed E-state index contributed by atoms with van der Waals surface area (Å²) in [5.74, 6) is -0.285. The molecule has 1 saturated heterocycles. The maximum Gasteiger partial charge on any atom is 0.316 e. The van der Waals surface area contributed by atoms with E-state index in [4.69, 9.17) is 4.74 Å². The molecular formula is C21H25N7O2. The van der Waals surface area contributed by atoms with Crippen molar-refractivity contribution in [3.63, 3.8) is 0 Å². The van der Waals surface area contributed by atoms with Crippen molar-refractivity contribution in [2.75, 3.05) is 30.4 Å². The fraction of sp³-hybridized carbons (Fsp3) is 0.381. The Labute approximate surface area is 174 Å². The summed E-state index contributed by atoms with van der Waals surface area (Å²) >= 11 is 0. The van der Waals surface area contributed by atoms with E-state index in [0.717, 1.165) is 24.2 Å². The van der Waals surface area contributed by atoms with Crippen molar-refractivity contribution in [2.24, 2.45) is 0 Å². The predicted molar refractivity (Wildman–Crippen MR) is 115 cm³/mol. The second-order valence-electron chi connectivity index (χ2n) is 7.60. The Balaban J connectivity index is 1.77. The molecule has 156 valence electrons. The van der Waals surface area contributed by atoms with E-state index in [1.54, 1.807) is 18.5 Å². The van der Waals surface area contributed by atoms with E-state index >= 15 is 0 Å². The first kappa shape index (κ1) is 20.0. The largest absolute Gasteiger partial charge is 0.467 e. The van der Waals surface area contributed by atoms with Gasteiger partial charge in [-0.15, -0.1) is 0 Å². The summed E-state index contributed by atoms with van der Waals surface area (Å²) in [6, 6.07) is 4.69. The highest BCUT2D eigenvalue weighted by atomic mass is 16.5. The smallest absolute Gasteiger partial charge is 0.316 e. The zero-order valence-corrected chi connectivity index (χ0v) is 17.5. The number of methoxy groups -OCH3 is 1. The van der Waals surface area contributed by atoms with Crippen molar-refractivity contribution in [1.29, 1.82) is 0 Å². The number of amides is 1. The van der Waals surface area contributed by atoms with Gasteiger partial charge in [-0.1, -0.05) is 0 Å². The number of carbonyl (C=O) groups is 1. The first-order valence-corrected chi connectivity index (χ1v) is 9.89. The average Bonchev–Trinajstić information content (AvgIpc) is 2.73. The molecule has 2 atom stereocenters. The number of piperazine rings is 1. The lowest BCUT2D eigenvalue weighted by Crippen LogP contribution is -2.54. The van der Waals surface area contributed by atoms with Crippen molar-refractivity contribution in [1.82, 2.24) is 25.3 Å². The molecule has 0 bridgehead atoms. The van der Waals surface area contributed by atoms with Gasteiger partial charge in [0.2, 0.25) is 0 Å². The number of ether oxygens (including phenoxy) is 1. The van der Waals surface area contributed by atoms with Crippen molar-refractivity contribution in [2.45, 2.75) is 32.9 Å². The van der Waals surface area contributed by atoms with Crippen LogP contribution in [0.25, 0.3) is 10.9 Å². The number of aryl methyl sites for hydroxylation is 1. The van der Waals surface area contributed by atoms with Gasteiger partial charge < -0.3 is 20.3 Å². The number of hydrogen-bond acceptors (Lipinski definition) is 8. The highest BCUT2D eigenvalue weighted by Crippen LogP contribution is 2.31. The number of benzene rings is 1. The molecule has 1 aliphatic rings. The van der Waals surface area contributed by atoms with E-state index < -0.39 is 0 Å². The zero-order valence-electron chi connectivity index (χ0n) is 17.5. The normalized spacial score (nSPS) is 19.0. The molecule has 3 heterocycles. The maximum atomic E-state index is 13.1. The summed E-state index contributed by atoms with van der Waals surface area (Å²) in [5.41, 5.74) is 3.24. The third kappa shape index (κ3) is 3.88. The maximum absolute atomic E-state index is 13.1. The standard InChI is InChI=1S/C21H25N7O2/c1-12-9-28(10-13(2)25-12)18-6-5-15(19-16(18)7-23-21(27-19)30-4)20(29)26-17-8-22-11-24-14(17)3/h5-8,11-13,25H,9-10H2,1-4H3,(H,26,29)/t12-,13-/m0/s1. The molecule has 1 fully saturated rings. The first-order valence-electron chi connectivity index (χ1n) is 9.89. The van der Waals surface area contributed by atoms with Crippen LogP contribution < -0.4 is 20.3 Å². The van der Waals surface area contributed by atoms with Crippen molar-refractivity contribution < 1.29 is 9.53 Å². The molecule has 1 aliphatic heterocycles. The highest BCUT2D eigenvalue weighted by Gasteiger charge is 2.24. The fourth-order valence-corrected chi connectivity index (χ4v) is 3.87. The Kier molecular flexibility index (Phi) is 5.45. The van der Waals surface area contributed by atoms with Crippen LogP contribution in [-0.2, 0) is 0 Å². The van der Waals surface area contributed by atoms with Crippen molar-refractivity contribution in [3.8, 4) is 6.01 Å². The van der Waals surface area contributed by atoms with Crippen LogP contribution >= 0.6 is 0 Å². The molecule has 30 heavy (non-hydrogen) atoms. The minimum absolute atomic E-state index is 0.218. The van der Waals surface area contributed by atoms with Crippen LogP contribution in [0.3, 0.4) is 0 Å². The Morgan fingerprint density at radius 3 is 2.67 bits per heavy atom. The van der Waals surface area contributed by atoms with E-state index in [1.165, 1.54) is 13.4 Å². The van der Waals surface area contributed by atoms with Gasteiger partial charge in [0.05, 0.1) is 35.8 Å². The molecule has 1 amide bonds. The van der Waals surface area contributed by atoms with E-state index in [0.29, 0.717) is 34.5 Å². The number of anilines is 2. The molecule has 0 saturated carbocycles. The topological polar surface area (TPSA) is 105 Å². The Morgan fingerprint density at radius 1 is 1.20 bits per heavy atom. The lowest BCUT2D eigenvalue weighted by molar-refractivity contribution is 0.102. The monoisotopic (exact) mass is 407 g/mol. The molecule has 2 N–H and O–H groups in total. The van der Waals surface area contributed by atoms with Gasteiger partial charge in [0, 0.05) is 42.4 Å². The fourth-order valence-electron chi connectivity index (χ4n) is 3.87. The number of rotatable bonds is 4. The molecule has 3 aromatic rings. The summed E-state index contributed by atoms with van der Waals surface area (Å²) < 4.78 is 5.22. The third-order valence-electron chi connectivity index (χ3n) is 5.19. The van der Waals surface area contributed by atoms with Gasteiger partial charge in [0.1, 0.15) is 6.33 Å². The molecule has 9 heteroatoms. The molecule has 1 aromatic carbocycles. The molecule has 4 rings (SSSR count). The second kappa shape index (κ2) is 8.19. The number of carbonyl (C=O) groups excluding carboxylic acids is 1. The van der Waals surface area contributed by atoms with Crippen LogP contribution in [0, 0.1) is 6.92 Å². The predicted octanol–water partition coefficient (Wildman–Crippen LogP) is 2.18. The molecule has 0 unspecified atom stereocenters. The second-order valence-corrected chi connectivity index (χ2v) is 7.60. The third-order valence-corrected chi connectivity index (χ3v) is 5.19. The Bertz CT molecular complexity index is 1080. The number of hydrogen-bond donors (Lipinski definition) is 2. The molecular weight excluding hydrogens is 382 g/mol. The number of aromatic nitrogens is 4. The van der Waals surface area contributed by atoms with E-state index in [2.05, 4.69) is 49.3 Å². The van der Waals surface area contributed by atoms with Crippen LogP contribution in [0.5, 0.6) is 6.01 Å². The lowest BCUT2D eigenvalue weighted by Gasteiger charge is -2.38. The number of nitrogens with zero attached hydrogens (tertiary/aromatic N) is 5. The van der Waals surface area contributed by atoms with E-state index in [-0.39, 0.29) is 11.9 Å². The van der Waals surface area contributed by atoms with Crippen molar-refractivity contribution >= 4 is 28.2 Å². The quantitative estimate of drug-likeness (QED) is 0.678. The van der Waals surface area contributed by atoms with Crippen LogP contribution in [0.1, 0.15) is 29.9 Å². The van der Waals surface area contributed by atoms with E-state index in [1.807, 2.05) is 13.0 Å². The first-order chi connectivity index (χ1) is 14.5. The highest BCUT2D eigenvalue weighted by molar-refractivity contribution is 6.14. The van der Waals surface area contributed by atoms with Gasteiger partial charge >= 0.3 is 6.01 Å². The Morgan fingerprint density at radius 2 is 1.97 bits per heavy atom. The zero-order chi connectivity index (χ0) is 21.3. The summed E-state index contributed by atoms with van der Waals surface area (Å²) in [4.78, 5) is 32.3. The van der Waals surface area contributed by atoms with Gasteiger partial charge in [-0.25, -0.2) is 15.0 Å². The van der Waals surface area contributed by atoms with Crippen LogP contribution in [0.4, 0.5) is 11.4 Å². The average molecular weight is 407 g/mol. The van der Waals surface area contributed by atoms with Crippen molar-refractivity contribution in [3.05, 3.63) is 42.1 Å². The summed E-state index contributed by atoms with van der Waals surface area (Å²) in [5, 5.41) is 7.23. The summed E-state index contributed by atoms with van der Waals surface area (Å²) in [6.45, 7) is 7.86. The molecule has 0 spiro atoms. The van der Waals surface area contributed by atoms with Gasteiger partial charge in [-0.2, -0.15) is 4.98 Å². The molecule has 0 radical (unpaired) electrons. The molecule has 2 aromatic heterocycles. The van der Waals surface area contributed by atoms with Crippen LogP contribution in [-0.4, -0.2) is 58.1 Å². The Hall–Kier alpha value is -3.33. The van der Waals surface area contributed by atoms with Gasteiger partial charge in [0.25, 0.3) is 5.91 Å². The van der Waals surface area contributed by atoms with Crippen LogP contribution in [0.2, 0.25) is 0 Å². The lowest BCUT2D eigenvalue weighted by atomic mass is 10.0. The minimum atomic E-state index is -0.285. The summed E-state index contributed by atoms with van der Waals surface area (Å²) in [7, 11) is 1.51. The molecule has 0 aliphatic carbocycles. The van der Waals surface area contributed by atoms with Crippen LogP contribution in [0.15, 0.2) is 30.9 Å². The summed E-state index contributed by atoms with van der Waals surface area (Å²) in [6.07, 6.45) is 4.75. The number of nitrogens with one attached hydrogen (secondary N) is 2. The number of fused-ring (bicyclic) bond motifs is 1. The van der Waals surface area contributed by atoms with E-state index in [9.17, 15) is 4.79 Å².